The zero-order valence-corrected chi connectivity index (χ0v) is 6.66. The fourth-order valence-corrected chi connectivity index (χ4v) is 0.352. The Kier molecular flexibility index (Phi) is 6.61. The molecule has 0 aliphatic heterocycles. The SMILES string of the molecule is CC(C)(CCO)NN.Cl. The average molecular weight is 155 g/mol. The fourth-order valence-electron chi connectivity index (χ4n) is 0.352. The van der Waals surface area contributed by atoms with Crippen LogP contribution in [0, 0.1) is 0 Å². The van der Waals surface area contributed by atoms with Crippen LogP contribution in [0.4, 0.5) is 0 Å². The summed E-state index contributed by atoms with van der Waals surface area (Å²) in [7, 11) is 0. The second-order valence-electron chi connectivity index (χ2n) is 2.50. The van der Waals surface area contributed by atoms with Gasteiger partial charge < -0.3 is 5.11 Å². The van der Waals surface area contributed by atoms with Crippen LogP contribution in [0.2, 0.25) is 0 Å². The van der Waals surface area contributed by atoms with Gasteiger partial charge in [0.25, 0.3) is 0 Å². The van der Waals surface area contributed by atoms with Crippen molar-refractivity contribution >= 4 is 12.4 Å². The van der Waals surface area contributed by atoms with E-state index in [-0.39, 0.29) is 24.6 Å². The van der Waals surface area contributed by atoms with E-state index in [1.165, 1.54) is 0 Å². The third-order valence-electron chi connectivity index (χ3n) is 1.13. The lowest BCUT2D eigenvalue weighted by atomic mass is 10.0. The first-order chi connectivity index (χ1) is 3.62. The summed E-state index contributed by atoms with van der Waals surface area (Å²) >= 11 is 0. The molecule has 0 heterocycles. The topological polar surface area (TPSA) is 58.3 Å². The predicted octanol–water partition coefficient (Wildman–Crippen LogP) is 0.0325. The maximum atomic E-state index is 8.44. The highest BCUT2D eigenvalue weighted by Gasteiger charge is 2.12. The molecule has 0 aliphatic carbocycles. The van der Waals surface area contributed by atoms with Gasteiger partial charge in [-0.1, -0.05) is 0 Å². The molecule has 0 aromatic heterocycles. The minimum absolute atomic E-state index is 0. The van der Waals surface area contributed by atoms with Crippen LogP contribution in [0.3, 0.4) is 0 Å². The summed E-state index contributed by atoms with van der Waals surface area (Å²) < 4.78 is 0. The molecule has 58 valence electrons. The van der Waals surface area contributed by atoms with Crippen LogP contribution < -0.4 is 11.3 Å². The van der Waals surface area contributed by atoms with Crippen LogP contribution in [0.15, 0.2) is 0 Å². The lowest BCUT2D eigenvalue weighted by Crippen LogP contribution is -2.44. The van der Waals surface area contributed by atoms with E-state index in [1.54, 1.807) is 0 Å². The van der Waals surface area contributed by atoms with Gasteiger partial charge in [0, 0.05) is 12.1 Å². The molecule has 0 saturated carbocycles. The van der Waals surface area contributed by atoms with Gasteiger partial charge >= 0.3 is 0 Å². The summed E-state index contributed by atoms with van der Waals surface area (Å²) in [4.78, 5) is 0. The molecule has 0 bridgehead atoms. The Labute approximate surface area is 62.0 Å². The van der Waals surface area contributed by atoms with Gasteiger partial charge in [-0.25, -0.2) is 0 Å². The Balaban J connectivity index is 0. The molecule has 0 saturated heterocycles. The Morgan fingerprint density at radius 3 is 2.11 bits per heavy atom. The maximum absolute atomic E-state index is 8.44. The van der Waals surface area contributed by atoms with E-state index in [9.17, 15) is 0 Å². The molecule has 9 heavy (non-hydrogen) atoms. The third-order valence-corrected chi connectivity index (χ3v) is 1.13. The number of nitrogens with one attached hydrogen (secondary N) is 1. The van der Waals surface area contributed by atoms with Gasteiger partial charge in [-0.2, -0.15) is 0 Å². The number of aliphatic hydroxyl groups is 1. The minimum atomic E-state index is -0.130. The number of rotatable bonds is 3. The quantitative estimate of drug-likeness (QED) is 0.397. The van der Waals surface area contributed by atoms with Crippen LogP contribution in [-0.4, -0.2) is 17.3 Å². The van der Waals surface area contributed by atoms with Crippen LogP contribution in [0.1, 0.15) is 20.3 Å². The molecule has 0 aliphatic rings. The Morgan fingerprint density at radius 2 is 2.00 bits per heavy atom. The molecule has 4 heteroatoms. The van der Waals surface area contributed by atoms with Crippen LogP contribution in [0.25, 0.3) is 0 Å². The lowest BCUT2D eigenvalue weighted by molar-refractivity contribution is 0.232. The van der Waals surface area contributed by atoms with Gasteiger partial charge in [0.1, 0.15) is 0 Å². The molecule has 3 nitrogen and oxygen atoms in total. The van der Waals surface area contributed by atoms with E-state index in [2.05, 4.69) is 5.43 Å². The van der Waals surface area contributed by atoms with Gasteiger partial charge in [-0.3, -0.25) is 11.3 Å². The molecule has 0 unspecified atom stereocenters. The molecule has 0 radical (unpaired) electrons. The second kappa shape index (κ2) is 4.99. The summed E-state index contributed by atoms with van der Waals surface area (Å²) in [6, 6.07) is 0. The smallest absolute Gasteiger partial charge is 0.0448 e. The van der Waals surface area contributed by atoms with E-state index >= 15 is 0 Å². The molecular formula is C5H15ClN2O. The summed E-state index contributed by atoms with van der Waals surface area (Å²) in [5, 5.41) is 8.44. The normalized spacial score (nSPS) is 10.7. The van der Waals surface area contributed by atoms with Crippen molar-refractivity contribution < 1.29 is 5.11 Å². The first kappa shape index (κ1) is 11.9. The molecule has 0 aromatic carbocycles. The number of nitrogens with two attached hydrogens (primary N) is 1. The lowest BCUT2D eigenvalue weighted by Gasteiger charge is -2.21. The van der Waals surface area contributed by atoms with E-state index in [4.69, 9.17) is 10.9 Å². The van der Waals surface area contributed by atoms with Gasteiger partial charge in [0.05, 0.1) is 0 Å². The van der Waals surface area contributed by atoms with Crippen LogP contribution >= 0.6 is 12.4 Å². The summed E-state index contributed by atoms with van der Waals surface area (Å²) in [6.07, 6.45) is 0.684. The average Bonchev–Trinajstić information content (AvgIpc) is 1.67. The molecule has 0 atom stereocenters. The van der Waals surface area contributed by atoms with Crippen molar-refractivity contribution in [3.63, 3.8) is 0 Å². The number of aliphatic hydroxyl groups excluding tert-OH is 1. The monoisotopic (exact) mass is 154 g/mol. The first-order valence-electron chi connectivity index (χ1n) is 2.71. The summed E-state index contributed by atoms with van der Waals surface area (Å²) in [6.45, 7) is 4.05. The Bertz CT molecular complexity index is 68.0. The van der Waals surface area contributed by atoms with Gasteiger partial charge in [0.15, 0.2) is 0 Å². The largest absolute Gasteiger partial charge is 0.396 e. The van der Waals surface area contributed by atoms with E-state index in [0.717, 1.165) is 0 Å². The molecule has 0 spiro atoms. The Morgan fingerprint density at radius 1 is 1.56 bits per heavy atom. The van der Waals surface area contributed by atoms with Crippen molar-refractivity contribution in [3.8, 4) is 0 Å². The maximum Gasteiger partial charge on any atom is 0.0448 e. The molecule has 4 N–H and O–H groups in total. The molecule has 0 aromatic rings. The van der Waals surface area contributed by atoms with Crippen molar-refractivity contribution in [3.05, 3.63) is 0 Å². The predicted molar refractivity (Wildman–Crippen MR) is 40.4 cm³/mol. The second-order valence-corrected chi connectivity index (χ2v) is 2.50. The summed E-state index contributed by atoms with van der Waals surface area (Å²) in [5.74, 6) is 5.13. The van der Waals surface area contributed by atoms with Crippen molar-refractivity contribution in [1.82, 2.24) is 5.43 Å². The van der Waals surface area contributed by atoms with E-state index in [0.29, 0.717) is 6.42 Å². The zero-order chi connectivity index (χ0) is 6.62. The van der Waals surface area contributed by atoms with Crippen LogP contribution in [0.5, 0.6) is 0 Å². The third kappa shape index (κ3) is 6.05. The number of hydrazine groups is 1. The number of hydrogen-bond acceptors (Lipinski definition) is 3. The highest BCUT2D eigenvalue weighted by atomic mass is 35.5. The highest BCUT2D eigenvalue weighted by molar-refractivity contribution is 5.85. The Hall–Kier alpha value is 0.170. The van der Waals surface area contributed by atoms with E-state index in [1.807, 2.05) is 13.8 Å². The fraction of sp³-hybridized carbons (Fsp3) is 1.00. The van der Waals surface area contributed by atoms with Gasteiger partial charge in [-0.15, -0.1) is 12.4 Å². The molecular weight excluding hydrogens is 140 g/mol. The zero-order valence-electron chi connectivity index (χ0n) is 5.85. The van der Waals surface area contributed by atoms with Crippen molar-refractivity contribution in [2.24, 2.45) is 5.84 Å². The van der Waals surface area contributed by atoms with Crippen LogP contribution in [-0.2, 0) is 0 Å². The summed E-state index contributed by atoms with van der Waals surface area (Å²) in [5.41, 5.74) is 2.45. The van der Waals surface area contributed by atoms with Gasteiger partial charge in [0.2, 0.25) is 0 Å². The van der Waals surface area contributed by atoms with E-state index < -0.39 is 0 Å². The van der Waals surface area contributed by atoms with Gasteiger partial charge in [-0.05, 0) is 20.3 Å². The number of hydrogen-bond donors (Lipinski definition) is 3. The van der Waals surface area contributed by atoms with Crippen molar-refractivity contribution in [1.29, 1.82) is 0 Å². The minimum Gasteiger partial charge on any atom is -0.396 e. The molecule has 0 amide bonds. The van der Waals surface area contributed by atoms with Crippen molar-refractivity contribution in [2.75, 3.05) is 6.61 Å². The number of halogens is 1. The molecule has 0 fully saturated rings. The van der Waals surface area contributed by atoms with Crippen molar-refractivity contribution in [2.45, 2.75) is 25.8 Å². The standard InChI is InChI=1S/C5H14N2O.ClH/c1-5(2,7-6)3-4-8;/h7-8H,3-4,6H2,1-2H3;1H. The highest BCUT2D eigenvalue weighted by Crippen LogP contribution is 2.03. The molecule has 0 rings (SSSR count). The first-order valence-corrected chi connectivity index (χ1v) is 2.71.